The topological polar surface area (TPSA) is 32.8 Å². The highest BCUT2D eigenvalue weighted by Crippen LogP contribution is 2.37. The lowest BCUT2D eigenvalue weighted by Crippen LogP contribution is -2.45. The number of likely N-dealkylation sites (tertiary alicyclic amines) is 1. The van der Waals surface area contributed by atoms with Gasteiger partial charge in [-0.25, -0.2) is 4.79 Å². The largest absolute Gasteiger partial charge is 0.450 e. The zero-order valence-corrected chi connectivity index (χ0v) is 11.1. The van der Waals surface area contributed by atoms with Crippen LogP contribution in [-0.2, 0) is 4.74 Å². The van der Waals surface area contributed by atoms with Crippen LogP contribution < -0.4 is 0 Å². The molecule has 18 heavy (non-hydrogen) atoms. The van der Waals surface area contributed by atoms with Crippen molar-refractivity contribution in [2.75, 3.05) is 19.7 Å². The van der Waals surface area contributed by atoms with E-state index in [-0.39, 0.29) is 12.1 Å². The van der Waals surface area contributed by atoms with Crippen molar-refractivity contribution in [2.24, 2.45) is 0 Å². The van der Waals surface area contributed by atoms with Gasteiger partial charge in [-0.15, -0.1) is 0 Å². The molecule has 2 unspecified atom stereocenters. The van der Waals surface area contributed by atoms with Crippen molar-refractivity contribution in [3.05, 3.63) is 11.8 Å². The first-order valence-electron chi connectivity index (χ1n) is 7.20. The Morgan fingerprint density at radius 2 is 2.17 bits per heavy atom. The standard InChI is InChI=1S/C14H22N2O2/c1-2-18-14(17)16-11-5-6-12(16)10-13(9-11)15-7-3-4-8-15/h9,11-12H,2-8,10H2,1H3. The number of amides is 1. The Morgan fingerprint density at radius 1 is 1.39 bits per heavy atom. The van der Waals surface area contributed by atoms with Gasteiger partial charge in [0.25, 0.3) is 0 Å². The molecule has 0 N–H and O–H groups in total. The molecule has 3 aliphatic rings. The summed E-state index contributed by atoms with van der Waals surface area (Å²) in [6.45, 7) is 4.74. The van der Waals surface area contributed by atoms with E-state index in [1.54, 1.807) is 0 Å². The molecule has 2 atom stereocenters. The van der Waals surface area contributed by atoms with Gasteiger partial charge in [-0.3, -0.25) is 4.90 Å². The maximum absolute atomic E-state index is 11.9. The highest BCUT2D eigenvalue weighted by molar-refractivity contribution is 5.69. The molecule has 100 valence electrons. The average molecular weight is 250 g/mol. The van der Waals surface area contributed by atoms with Crippen molar-refractivity contribution in [1.29, 1.82) is 0 Å². The van der Waals surface area contributed by atoms with Crippen LogP contribution in [0.3, 0.4) is 0 Å². The SMILES string of the molecule is CCOC(=O)N1C2C=C(N3CCCC3)CC1CC2. The highest BCUT2D eigenvalue weighted by Gasteiger charge is 2.41. The van der Waals surface area contributed by atoms with Gasteiger partial charge in [0.15, 0.2) is 0 Å². The Morgan fingerprint density at radius 3 is 2.83 bits per heavy atom. The molecule has 0 aliphatic carbocycles. The highest BCUT2D eigenvalue weighted by atomic mass is 16.6. The van der Waals surface area contributed by atoms with Gasteiger partial charge in [0.1, 0.15) is 0 Å². The summed E-state index contributed by atoms with van der Waals surface area (Å²) in [5.41, 5.74) is 1.47. The zero-order chi connectivity index (χ0) is 12.5. The van der Waals surface area contributed by atoms with Crippen molar-refractivity contribution in [3.8, 4) is 0 Å². The van der Waals surface area contributed by atoms with E-state index in [2.05, 4.69) is 11.0 Å². The fraction of sp³-hybridized carbons (Fsp3) is 0.786. The van der Waals surface area contributed by atoms with Gasteiger partial charge in [-0.1, -0.05) is 0 Å². The van der Waals surface area contributed by atoms with Crippen LogP contribution in [0.4, 0.5) is 4.79 Å². The zero-order valence-electron chi connectivity index (χ0n) is 11.1. The molecule has 0 spiro atoms. The molecule has 0 aromatic rings. The van der Waals surface area contributed by atoms with Gasteiger partial charge in [0, 0.05) is 31.2 Å². The van der Waals surface area contributed by atoms with Crippen molar-refractivity contribution in [1.82, 2.24) is 9.80 Å². The fourth-order valence-corrected chi connectivity index (χ4v) is 3.53. The van der Waals surface area contributed by atoms with E-state index in [0.29, 0.717) is 12.6 Å². The van der Waals surface area contributed by atoms with Gasteiger partial charge >= 0.3 is 6.09 Å². The molecule has 3 rings (SSSR count). The molecule has 3 heterocycles. The lowest BCUT2D eigenvalue weighted by molar-refractivity contribution is 0.0891. The van der Waals surface area contributed by atoms with Crippen LogP contribution in [0.1, 0.15) is 39.0 Å². The van der Waals surface area contributed by atoms with Gasteiger partial charge in [0.05, 0.1) is 12.6 Å². The number of carbonyl (C=O) groups is 1. The molecule has 2 saturated heterocycles. The second kappa shape index (κ2) is 4.82. The van der Waals surface area contributed by atoms with Crippen molar-refractivity contribution in [3.63, 3.8) is 0 Å². The maximum atomic E-state index is 11.9. The third kappa shape index (κ3) is 1.98. The summed E-state index contributed by atoms with van der Waals surface area (Å²) >= 11 is 0. The molecule has 0 aromatic carbocycles. The third-order valence-electron chi connectivity index (χ3n) is 4.37. The minimum absolute atomic E-state index is 0.123. The molecule has 0 radical (unpaired) electrons. The van der Waals surface area contributed by atoms with E-state index in [0.717, 1.165) is 19.3 Å². The molecule has 2 fully saturated rings. The average Bonchev–Trinajstić information content (AvgIpc) is 2.97. The lowest BCUT2D eigenvalue weighted by atomic mass is 10.1. The minimum Gasteiger partial charge on any atom is -0.450 e. The predicted molar refractivity (Wildman–Crippen MR) is 69.2 cm³/mol. The van der Waals surface area contributed by atoms with Crippen molar-refractivity contribution < 1.29 is 9.53 Å². The summed E-state index contributed by atoms with van der Waals surface area (Å²) < 4.78 is 5.17. The number of nitrogens with zero attached hydrogens (tertiary/aromatic N) is 2. The molecule has 2 bridgehead atoms. The number of fused-ring (bicyclic) bond motifs is 2. The van der Waals surface area contributed by atoms with E-state index in [1.165, 1.54) is 31.6 Å². The number of rotatable bonds is 2. The number of hydrogen-bond donors (Lipinski definition) is 0. The Labute approximate surface area is 109 Å². The Kier molecular flexibility index (Phi) is 3.18. The molecule has 0 saturated carbocycles. The summed E-state index contributed by atoms with van der Waals surface area (Å²) in [6, 6.07) is 0.646. The monoisotopic (exact) mass is 250 g/mol. The quantitative estimate of drug-likeness (QED) is 0.754. The molecular formula is C14H22N2O2. The molecule has 3 aliphatic heterocycles. The van der Waals surface area contributed by atoms with E-state index >= 15 is 0 Å². The Bertz CT molecular complexity index is 361. The van der Waals surface area contributed by atoms with Crippen LogP contribution in [0.25, 0.3) is 0 Å². The van der Waals surface area contributed by atoms with E-state index < -0.39 is 0 Å². The summed E-state index contributed by atoms with van der Waals surface area (Å²) in [5.74, 6) is 0. The number of carbonyl (C=O) groups excluding carboxylic acids is 1. The summed E-state index contributed by atoms with van der Waals surface area (Å²) in [6.07, 6.45) is 8.06. The van der Waals surface area contributed by atoms with Crippen LogP contribution in [0.5, 0.6) is 0 Å². The second-order valence-corrected chi connectivity index (χ2v) is 5.46. The van der Waals surface area contributed by atoms with Gasteiger partial charge in [0.2, 0.25) is 0 Å². The maximum Gasteiger partial charge on any atom is 0.410 e. The van der Waals surface area contributed by atoms with Crippen molar-refractivity contribution in [2.45, 2.75) is 51.1 Å². The third-order valence-corrected chi connectivity index (χ3v) is 4.37. The first-order valence-corrected chi connectivity index (χ1v) is 7.20. The van der Waals surface area contributed by atoms with Crippen LogP contribution >= 0.6 is 0 Å². The van der Waals surface area contributed by atoms with E-state index in [4.69, 9.17) is 4.74 Å². The molecule has 4 heteroatoms. The normalized spacial score (nSPS) is 30.6. The van der Waals surface area contributed by atoms with Gasteiger partial charge in [-0.2, -0.15) is 0 Å². The number of hydrogen-bond acceptors (Lipinski definition) is 3. The lowest BCUT2D eigenvalue weighted by Gasteiger charge is -2.36. The summed E-state index contributed by atoms with van der Waals surface area (Å²) in [5, 5.41) is 0. The number of ether oxygens (including phenoxy) is 1. The van der Waals surface area contributed by atoms with Crippen LogP contribution in [-0.4, -0.2) is 47.7 Å². The van der Waals surface area contributed by atoms with Crippen LogP contribution in [0.2, 0.25) is 0 Å². The second-order valence-electron chi connectivity index (χ2n) is 5.46. The Balaban J connectivity index is 1.73. The fourth-order valence-electron chi connectivity index (χ4n) is 3.53. The summed E-state index contributed by atoms with van der Waals surface area (Å²) in [4.78, 5) is 16.4. The minimum atomic E-state index is -0.123. The molecule has 1 amide bonds. The predicted octanol–water partition coefficient (Wildman–Crippen LogP) is 2.36. The van der Waals surface area contributed by atoms with Crippen LogP contribution in [0.15, 0.2) is 11.8 Å². The van der Waals surface area contributed by atoms with E-state index in [1.807, 2.05) is 11.8 Å². The van der Waals surface area contributed by atoms with Crippen molar-refractivity contribution >= 4 is 6.09 Å². The molecule has 0 aromatic heterocycles. The smallest absolute Gasteiger partial charge is 0.410 e. The summed E-state index contributed by atoms with van der Waals surface area (Å²) in [7, 11) is 0. The Hall–Kier alpha value is -1.19. The first kappa shape index (κ1) is 11.9. The molecular weight excluding hydrogens is 228 g/mol. The first-order chi connectivity index (χ1) is 8.79. The molecule has 4 nitrogen and oxygen atoms in total. The van der Waals surface area contributed by atoms with Gasteiger partial charge in [-0.05, 0) is 38.7 Å². The van der Waals surface area contributed by atoms with Gasteiger partial charge < -0.3 is 9.64 Å². The van der Waals surface area contributed by atoms with E-state index in [9.17, 15) is 4.79 Å². The van der Waals surface area contributed by atoms with Crippen LogP contribution in [0, 0.1) is 0 Å².